The van der Waals surface area contributed by atoms with Crippen molar-refractivity contribution < 1.29 is 4.57 Å². The summed E-state index contributed by atoms with van der Waals surface area (Å²) in [5, 5.41) is 9.71. The van der Waals surface area contributed by atoms with Crippen LogP contribution >= 0.6 is 7.14 Å². The SMILES string of the molecule is O=P(c1ccccc1)(c1ccc(-c2ccccc2)cc1)c1ccc2ccc3cccc4ccc1c2c34. The smallest absolute Gasteiger partial charge is 0.171 e. The van der Waals surface area contributed by atoms with Crippen molar-refractivity contribution in [2.45, 2.75) is 0 Å². The van der Waals surface area contributed by atoms with Crippen LogP contribution in [0, 0.1) is 0 Å². The Hall–Kier alpha value is -4.19. The van der Waals surface area contributed by atoms with Crippen LogP contribution in [0.5, 0.6) is 0 Å². The van der Waals surface area contributed by atoms with Gasteiger partial charge >= 0.3 is 0 Å². The van der Waals surface area contributed by atoms with Crippen LogP contribution in [0.3, 0.4) is 0 Å². The molecule has 7 rings (SSSR count). The van der Waals surface area contributed by atoms with Crippen molar-refractivity contribution in [2.75, 3.05) is 0 Å². The maximum absolute atomic E-state index is 15.4. The summed E-state index contributed by atoms with van der Waals surface area (Å²) in [6, 6.07) is 47.9. The van der Waals surface area contributed by atoms with Gasteiger partial charge < -0.3 is 4.57 Å². The van der Waals surface area contributed by atoms with Gasteiger partial charge in [0.1, 0.15) is 0 Å². The summed E-state index contributed by atoms with van der Waals surface area (Å²) in [6.07, 6.45) is 0. The van der Waals surface area contributed by atoms with Crippen LogP contribution in [0.4, 0.5) is 0 Å². The normalized spacial score (nSPS) is 13.3. The average molecular weight is 479 g/mol. The van der Waals surface area contributed by atoms with E-state index in [0.29, 0.717) is 0 Å². The van der Waals surface area contributed by atoms with Crippen molar-refractivity contribution in [3.8, 4) is 11.1 Å². The quantitative estimate of drug-likeness (QED) is 0.186. The highest BCUT2D eigenvalue weighted by Crippen LogP contribution is 2.46. The largest absolute Gasteiger partial charge is 0.309 e. The Morgan fingerprint density at radius 3 is 1.61 bits per heavy atom. The lowest BCUT2D eigenvalue weighted by molar-refractivity contribution is 0.592. The topological polar surface area (TPSA) is 17.1 Å². The van der Waals surface area contributed by atoms with Gasteiger partial charge in [0.2, 0.25) is 0 Å². The zero-order valence-corrected chi connectivity index (χ0v) is 20.5. The molecule has 0 aliphatic rings. The molecule has 170 valence electrons. The van der Waals surface area contributed by atoms with Crippen molar-refractivity contribution in [3.63, 3.8) is 0 Å². The van der Waals surface area contributed by atoms with Gasteiger partial charge in [-0.15, -0.1) is 0 Å². The molecule has 7 aromatic carbocycles. The molecule has 0 aliphatic carbocycles. The van der Waals surface area contributed by atoms with Crippen LogP contribution in [0.25, 0.3) is 43.4 Å². The summed E-state index contributed by atoms with van der Waals surface area (Å²) in [4.78, 5) is 0. The maximum atomic E-state index is 15.4. The molecule has 1 atom stereocenters. The van der Waals surface area contributed by atoms with E-state index in [1.54, 1.807) is 0 Å². The fraction of sp³-hybridized carbons (Fsp3) is 0. The zero-order valence-electron chi connectivity index (χ0n) is 19.6. The van der Waals surface area contributed by atoms with Gasteiger partial charge in [0, 0.05) is 15.9 Å². The Morgan fingerprint density at radius 1 is 0.389 bits per heavy atom. The van der Waals surface area contributed by atoms with Crippen molar-refractivity contribution in [1.82, 2.24) is 0 Å². The van der Waals surface area contributed by atoms with Crippen LogP contribution in [-0.4, -0.2) is 0 Å². The minimum Gasteiger partial charge on any atom is -0.309 e. The van der Waals surface area contributed by atoms with Crippen molar-refractivity contribution in [1.29, 1.82) is 0 Å². The van der Waals surface area contributed by atoms with Gasteiger partial charge in [-0.2, -0.15) is 0 Å². The first-order valence-electron chi connectivity index (χ1n) is 12.2. The van der Waals surface area contributed by atoms with Crippen molar-refractivity contribution in [3.05, 3.63) is 140 Å². The van der Waals surface area contributed by atoms with Gasteiger partial charge in [0.25, 0.3) is 0 Å². The lowest BCUT2D eigenvalue weighted by Crippen LogP contribution is -2.25. The molecule has 0 bridgehead atoms. The summed E-state index contributed by atoms with van der Waals surface area (Å²) in [7, 11) is -3.15. The van der Waals surface area contributed by atoms with E-state index in [1.165, 1.54) is 26.9 Å². The van der Waals surface area contributed by atoms with Crippen LogP contribution in [-0.2, 0) is 4.57 Å². The first-order valence-corrected chi connectivity index (χ1v) is 13.9. The lowest BCUT2D eigenvalue weighted by Gasteiger charge is -2.23. The van der Waals surface area contributed by atoms with Gasteiger partial charge in [-0.25, -0.2) is 0 Å². The number of benzene rings is 7. The fourth-order valence-corrected chi connectivity index (χ4v) is 8.38. The summed E-state index contributed by atoms with van der Waals surface area (Å²) >= 11 is 0. The van der Waals surface area contributed by atoms with Crippen LogP contribution < -0.4 is 15.9 Å². The Labute approximate surface area is 210 Å². The lowest BCUT2D eigenvalue weighted by atomic mass is 9.94. The molecule has 0 saturated carbocycles. The molecular formula is C34H23OP. The van der Waals surface area contributed by atoms with Crippen LogP contribution in [0.2, 0.25) is 0 Å². The second kappa shape index (κ2) is 8.19. The number of rotatable bonds is 4. The van der Waals surface area contributed by atoms with E-state index in [9.17, 15) is 0 Å². The van der Waals surface area contributed by atoms with E-state index in [-0.39, 0.29) is 0 Å². The maximum Gasteiger partial charge on any atom is 0.171 e. The van der Waals surface area contributed by atoms with Gasteiger partial charge in [0.15, 0.2) is 7.14 Å². The zero-order chi connectivity index (χ0) is 24.1. The van der Waals surface area contributed by atoms with Gasteiger partial charge in [-0.3, -0.25) is 0 Å². The molecule has 1 unspecified atom stereocenters. The summed E-state index contributed by atoms with van der Waals surface area (Å²) in [5.41, 5.74) is 2.27. The molecule has 0 N–H and O–H groups in total. The van der Waals surface area contributed by atoms with E-state index in [2.05, 4.69) is 78.9 Å². The number of hydrogen-bond donors (Lipinski definition) is 0. The van der Waals surface area contributed by atoms with Crippen molar-refractivity contribution in [2.24, 2.45) is 0 Å². The third-order valence-electron chi connectivity index (χ3n) is 7.30. The molecule has 0 heterocycles. The highest BCUT2D eigenvalue weighted by atomic mass is 31.2. The molecule has 0 fully saturated rings. The number of hydrogen-bond acceptors (Lipinski definition) is 1. The molecule has 0 aliphatic heterocycles. The predicted molar refractivity (Wildman–Crippen MR) is 155 cm³/mol. The second-order valence-corrected chi connectivity index (χ2v) is 12.0. The van der Waals surface area contributed by atoms with Gasteiger partial charge in [-0.1, -0.05) is 133 Å². The molecule has 0 spiro atoms. The Bertz CT molecular complexity index is 1870. The van der Waals surface area contributed by atoms with E-state index >= 15 is 4.57 Å². The third kappa shape index (κ3) is 3.14. The Morgan fingerprint density at radius 2 is 0.917 bits per heavy atom. The average Bonchev–Trinajstić information content (AvgIpc) is 2.96. The molecule has 0 aromatic heterocycles. The minimum atomic E-state index is -3.15. The van der Waals surface area contributed by atoms with E-state index in [4.69, 9.17) is 0 Å². The van der Waals surface area contributed by atoms with Gasteiger partial charge in [-0.05, 0) is 49.5 Å². The molecule has 0 radical (unpaired) electrons. The fourth-order valence-electron chi connectivity index (χ4n) is 5.55. The molecule has 2 heteroatoms. The summed E-state index contributed by atoms with van der Waals surface area (Å²) < 4.78 is 15.4. The highest BCUT2D eigenvalue weighted by Gasteiger charge is 2.32. The molecular weight excluding hydrogens is 455 g/mol. The molecule has 36 heavy (non-hydrogen) atoms. The minimum absolute atomic E-state index is 0.850. The molecule has 0 amide bonds. The van der Waals surface area contributed by atoms with E-state index < -0.39 is 7.14 Å². The first kappa shape index (κ1) is 21.1. The van der Waals surface area contributed by atoms with Crippen LogP contribution in [0.1, 0.15) is 0 Å². The summed E-state index contributed by atoms with van der Waals surface area (Å²) in [5.74, 6) is 0. The Balaban J connectivity index is 1.52. The first-order chi connectivity index (χ1) is 17.7. The summed E-state index contributed by atoms with van der Waals surface area (Å²) in [6.45, 7) is 0. The monoisotopic (exact) mass is 478 g/mol. The second-order valence-electron chi connectivity index (χ2n) is 9.30. The molecule has 7 aromatic rings. The molecule has 0 saturated heterocycles. The van der Waals surface area contributed by atoms with Crippen molar-refractivity contribution >= 4 is 55.4 Å². The highest BCUT2D eigenvalue weighted by molar-refractivity contribution is 7.85. The Kier molecular flexibility index (Phi) is 4.81. The predicted octanol–water partition coefficient (Wildman–Crippen LogP) is 7.89. The van der Waals surface area contributed by atoms with E-state index in [1.807, 2.05) is 60.7 Å². The van der Waals surface area contributed by atoms with E-state index in [0.717, 1.165) is 32.4 Å². The standard InChI is InChI=1S/C34H23OP/c35-36(29-12-5-2-6-13-29,30-20-16-25(17-21-30)24-8-3-1-4-9-24)32-23-19-28-15-14-26-10-7-11-27-18-22-31(32)34(28)33(26)27/h1-23H. The van der Waals surface area contributed by atoms with Crippen LogP contribution in [0.15, 0.2) is 140 Å². The van der Waals surface area contributed by atoms with Gasteiger partial charge in [0.05, 0.1) is 0 Å². The molecule has 1 nitrogen and oxygen atoms in total. The third-order valence-corrected chi connectivity index (χ3v) is 10.4.